The maximum absolute atomic E-state index is 12.4. The van der Waals surface area contributed by atoms with Crippen LogP contribution < -0.4 is 5.32 Å². The fourth-order valence-corrected chi connectivity index (χ4v) is 3.47. The van der Waals surface area contributed by atoms with Crippen LogP contribution in [0.5, 0.6) is 5.75 Å². The molecule has 25 heavy (non-hydrogen) atoms. The molecular formula is C18H22N2O4S. The number of carbonyl (C=O) groups is 1. The zero-order valence-electron chi connectivity index (χ0n) is 14.7. The van der Waals surface area contributed by atoms with Gasteiger partial charge in [-0.25, -0.2) is 12.7 Å². The third-order valence-electron chi connectivity index (χ3n) is 4.12. The number of benzene rings is 2. The van der Waals surface area contributed by atoms with Gasteiger partial charge >= 0.3 is 0 Å². The summed E-state index contributed by atoms with van der Waals surface area (Å²) in [5.41, 5.74) is 2.17. The highest BCUT2D eigenvalue weighted by Gasteiger charge is 2.21. The first-order chi connectivity index (χ1) is 11.7. The number of hydrogen-bond donors (Lipinski definition) is 2. The summed E-state index contributed by atoms with van der Waals surface area (Å²) < 4.78 is 25.9. The van der Waals surface area contributed by atoms with Crippen LogP contribution in [0.1, 0.15) is 27.0 Å². The van der Waals surface area contributed by atoms with Crippen LogP contribution in [0.25, 0.3) is 0 Å². The summed E-state index contributed by atoms with van der Waals surface area (Å²) in [5.74, 6) is -0.524. The van der Waals surface area contributed by atoms with Gasteiger partial charge in [0.25, 0.3) is 5.91 Å². The van der Waals surface area contributed by atoms with Crippen LogP contribution in [0, 0.1) is 13.8 Å². The molecule has 0 saturated heterocycles. The normalized spacial score (nSPS) is 11.6. The topological polar surface area (TPSA) is 86.7 Å². The third kappa shape index (κ3) is 3.83. The summed E-state index contributed by atoms with van der Waals surface area (Å²) in [6.45, 7) is 3.62. The average Bonchev–Trinajstić information content (AvgIpc) is 2.57. The van der Waals surface area contributed by atoms with Crippen molar-refractivity contribution in [1.29, 1.82) is 0 Å². The van der Waals surface area contributed by atoms with E-state index in [1.54, 1.807) is 37.3 Å². The molecular weight excluding hydrogens is 340 g/mol. The maximum atomic E-state index is 12.4. The summed E-state index contributed by atoms with van der Waals surface area (Å²) in [5, 5.41) is 12.8. The molecule has 0 aliphatic heterocycles. The van der Waals surface area contributed by atoms with E-state index < -0.39 is 15.9 Å². The molecule has 0 bridgehead atoms. The van der Waals surface area contributed by atoms with Crippen LogP contribution in [0.4, 0.5) is 0 Å². The molecule has 2 aromatic carbocycles. The number of sulfonamides is 1. The summed E-state index contributed by atoms with van der Waals surface area (Å²) in [6.07, 6.45) is 0. The van der Waals surface area contributed by atoms with E-state index in [2.05, 4.69) is 5.32 Å². The zero-order valence-corrected chi connectivity index (χ0v) is 15.5. The Kier molecular flexibility index (Phi) is 5.49. The van der Waals surface area contributed by atoms with Crippen LogP contribution in [-0.2, 0) is 16.6 Å². The van der Waals surface area contributed by atoms with Gasteiger partial charge < -0.3 is 10.4 Å². The van der Waals surface area contributed by atoms with Crippen molar-refractivity contribution >= 4 is 15.9 Å². The molecule has 0 unspecified atom stereocenters. The summed E-state index contributed by atoms with van der Waals surface area (Å²) >= 11 is 0. The molecule has 0 aromatic heterocycles. The van der Waals surface area contributed by atoms with Gasteiger partial charge in [0, 0.05) is 20.6 Å². The minimum atomic E-state index is -3.61. The van der Waals surface area contributed by atoms with Gasteiger partial charge in [-0.2, -0.15) is 0 Å². The van der Waals surface area contributed by atoms with Gasteiger partial charge in [-0.3, -0.25) is 4.79 Å². The molecule has 0 radical (unpaired) electrons. The van der Waals surface area contributed by atoms with Crippen LogP contribution >= 0.6 is 0 Å². The molecule has 7 heteroatoms. The van der Waals surface area contributed by atoms with E-state index in [1.165, 1.54) is 20.2 Å². The van der Waals surface area contributed by atoms with E-state index in [1.807, 2.05) is 6.92 Å². The van der Waals surface area contributed by atoms with Crippen LogP contribution in [0.2, 0.25) is 0 Å². The number of phenols is 1. The lowest BCUT2D eigenvalue weighted by molar-refractivity contribution is 0.0947. The van der Waals surface area contributed by atoms with Gasteiger partial charge in [0.05, 0.1) is 10.5 Å². The number of nitrogens with zero attached hydrogens (tertiary/aromatic N) is 1. The molecule has 0 aliphatic carbocycles. The number of phenolic OH excluding ortho intramolecular Hbond substituents is 1. The Labute approximate surface area is 148 Å². The second kappa shape index (κ2) is 7.25. The molecule has 2 aromatic rings. The lowest BCUT2D eigenvalue weighted by Crippen LogP contribution is -2.27. The van der Waals surface area contributed by atoms with E-state index in [0.29, 0.717) is 11.1 Å². The summed E-state index contributed by atoms with van der Waals surface area (Å²) in [6, 6.07) is 9.81. The molecule has 0 saturated carbocycles. The predicted octanol–water partition coefficient (Wildman–Crippen LogP) is 2.19. The largest absolute Gasteiger partial charge is 0.507 e. The van der Waals surface area contributed by atoms with Crippen molar-refractivity contribution in [3.63, 3.8) is 0 Å². The van der Waals surface area contributed by atoms with Crippen LogP contribution in [-0.4, -0.2) is 37.8 Å². The highest BCUT2D eigenvalue weighted by molar-refractivity contribution is 7.89. The number of aromatic hydroxyl groups is 1. The van der Waals surface area contributed by atoms with Gasteiger partial charge in [0.2, 0.25) is 10.0 Å². The highest BCUT2D eigenvalue weighted by atomic mass is 32.2. The van der Waals surface area contributed by atoms with Crippen molar-refractivity contribution in [3.05, 3.63) is 58.7 Å². The molecule has 1 amide bonds. The Morgan fingerprint density at radius 2 is 1.76 bits per heavy atom. The first kappa shape index (κ1) is 19.0. The minimum Gasteiger partial charge on any atom is -0.507 e. The number of rotatable bonds is 5. The maximum Gasteiger partial charge on any atom is 0.255 e. The second-order valence-electron chi connectivity index (χ2n) is 5.98. The Morgan fingerprint density at radius 3 is 2.40 bits per heavy atom. The molecule has 0 heterocycles. The van der Waals surface area contributed by atoms with E-state index in [0.717, 1.165) is 9.87 Å². The Hall–Kier alpha value is -2.38. The van der Waals surface area contributed by atoms with Crippen LogP contribution in [0.15, 0.2) is 41.3 Å². The van der Waals surface area contributed by atoms with E-state index >= 15 is 0 Å². The van der Waals surface area contributed by atoms with E-state index in [-0.39, 0.29) is 22.8 Å². The molecule has 134 valence electrons. The monoisotopic (exact) mass is 362 g/mol. The number of hydrogen-bond acceptors (Lipinski definition) is 4. The fourth-order valence-electron chi connectivity index (χ4n) is 2.35. The molecule has 0 atom stereocenters. The van der Waals surface area contributed by atoms with Crippen molar-refractivity contribution in [2.75, 3.05) is 14.1 Å². The molecule has 2 N–H and O–H groups in total. The fraction of sp³-hybridized carbons (Fsp3) is 0.278. The lowest BCUT2D eigenvalue weighted by atomic mass is 10.0. The van der Waals surface area contributed by atoms with Gasteiger partial charge in [-0.1, -0.05) is 24.3 Å². The quantitative estimate of drug-likeness (QED) is 0.854. The first-order valence-corrected chi connectivity index (χ1v) is 9.18. The molecule has 2 rings (SSSR count). The highest BCUT2D eigenvalue weighted by Crippen LogP contribution is 2.25. The minimum absolute atomic E-state index is 0.0362. The van der Waals surface area contributed by atoms with Gasteiger partial charge in [0.1, 0.15) is 5.75 Å². The van der Waals surface area contributed by atoms with E-state index in [4.69, 9.17) is 0 Å². The zero-order chi connectivity index (χ0) is 18.8. The lowest BCUT2D eigenvalue weighted by Gasteiger charge is -2.16. The summed E-state index contributed by atoms with van der Waals surface area (Å²) in [7, 11) is -0.696. The SMILES string of the molecule is Cc1ccc(C(=O)NCc2ccccc2S(=O)(=O)N(C)C)c(O)c1C. The van der Waals surface area contributed by atoms with Crippen molar-refractivity contribution in [2.24, 2.45) is 0 Å². The Bertz CT molecular complexity index is 905. The number of carbonyl (C=O) groups excluding carboxylic acids is 1. The van der Waals surface area contributed by atoms with E-state index in [9.17, 15) is 18.3 Å². The smallest absolute Gasteiger partial charge is 0.255 e. The van der Waals surface area contributed by atoms with Gasteiger partial charge in [-0.05, 0) is 42.7 Å². The van der Waals surface area contributed by atoms with Crippen molar-refractivity contribution in [3.8, 4) is 5.75 Å². The standard InChI is InChI=1S/C18H22N2O4S/c1-12-9-10-15(17(21)13(12)2)18(22)19-11-14-7-5-6-8-16(14)25(23,24)20(3)4/h5-10,21H,11H2,1-4H3,(H,19,22). The molecule has 6 nitrogen and oxygen atoms in total. The first-order valence-electron chi connectivity index (χ1n) is 7.74. The van der Waals surface area contributed by atoms with Gasteiger partial charge in [0.15, 0.2) is 0 Å². The average molecular weight is 362 g/mol. The van der Waals surface area contributed by atoms with Gasteiger partial charge in [-0.15, -0.1) is 0 Å². The van der Waals surface area contributed by atoms with Crippen molar-refractivity contribution in [2.45, 2.75) is 25.3 Å². The molecule has 0 spiro atoms. The number of aryl methyl sites for hydroxylation is 1. The summed E-state index contributed by atoms with van der Waals surface area (Å²) in [4.78, 5) is 12.5. The van der Waals surface area contributed by atoms with Crippen molar-refractivity contribution in [1.82, 2.24) is 9.62 Å². The number of nitrogens with one attached hydrogen (secondary N) is 1. The Balaban J connectivity index is 2.26. The number of amides is 1. The second-order valence-corrected chi connectivity index (χ2v) is 8.10. The predicted molar refractivity (Wildman–Crippen MR) is 96.1 cm³/mol. The third-order valence-corrected chi connectivity index (χ3v) is 6.03. The van der Waals surface area contributed by atoms with Crippen molar-refractivity contribution < 1.29 is 18.3 Å². The molecule has 0 fully saturated rings. The van der Waals surface area contributed by atoms with Crippen LogP contribution in [0.3, 0.4) is 0 Å². The Morgan fingerprint density at radius 1 is 1.12 bits per heavy atom. The molecule has 0 aliphatic rings.